The molecular formula is C20H22N4OS. The van der Waals surface area contributed by atoms with Crippen LogP contribution in [0.2, 0.25) is 0 Å². The largest absolute Gasteiger partial charge is 0.348 e. The van der Waals surface area contributed by atoms with E-state index in [1.54, 1.807) is 19.0 Å². The van der Waals surface area contributed by atoms with Crippen molar-refractivity contribution in [2.45, 2.75) is 17.3 Å². The fraction of sp³-hybridized carbons (Fsp3) is 0.250. The molecule has 0 aliphatic carbocycles. The first-order valence-corrected chi connectivity index (χ1v) is 9.24. The third-order valence-electron chi connectivity index (χ3n) is 4.10. The van der Waals surface area contributed by atoms with E-state index < -0.39 is 0 Å². The second kappa shape index (κ2) is 7.74. The molecule has 5 nitrogen and oxygen atoms in total. The van der Waals surface area contributed by atoms with E-state index in [4.69, 9.17) is 0 Å². The molecule has 0 aliphatic rings. The summed E-state index contributed by atoms with van der Waals surface area (Å²) in [5.74, 6) is 0.821. The van der Waals surface area contributed by atoms with Crippen LogP contribution < -0.4 is 0 Å². The molecule has 1 amide bonds. The molecule has 2 aromatic carbocycles. The standard InChI is InChI=1S/C20H22N4OS/c1-14-9-8-12-16(13-14)18-21-22-20(24(18)4)26-17(19(25)23(2)3)15-10-6-5-7-11-15/h5-13,17H,1-4H3/t17-/m0/s1. The van der Waals surface area contributed by atoms with Crippen LogP contribution in [0, 0.1) is 6.92 Å². The first-order valence-electron chi connectivity index (χ1n) is 8.36. The number of hydrogen-bond acceptors (Lipinski definition) is 4. The van der Waals surface area contributed by atoms with E-state index in [2.05, 4.69) is 29.3 Å². The molecule has 0 bridgehead atoms. The van der Waals surface area contributed by atoms with Gasteiger partial charge in [-0.2, -0.15) is 0 Å². The Morgan fingerprint density at radius 1 is 1.08 bits per heavy atom. The summed E-state index contributed by atoms with van der Waals surface area (Å²) in [6, 6.07) is 17.9. The smallest absolute Gasteiger partial charge is 0.240 e. The first-order chi connectivity index (χ1) is 12.5. The predicted octanol–water partition coefficient (Wildman–Crippen LogP) is 3.71. The van der Waals surface area contributed by atoms with Crippen molar-refractivity contribution < 1.29 is 4.79 Å². The third-order valence-corrected chi connectivity index (χ3v) is 5.38. The molecule has 0 saturated carbocycles. The van der Waals surface area contributed by atoms with Crippen LogP contribution in [-0.4, -0.2) is 39.7 Å². The zero-order valence-electron chi connectivity index (χ0n) is 15.4. The van der Waals surface area contributed by atoms with E-state index in [-0.39, 0.29) is 11.2 Å². The number of nitrogens with zero attached hydrogens (tertiary/aromatic N) is 4. The van der Waals surface area contributed by atoms with Gasteiger partial charge in [0.2, 0.25) is 5.91 Å². The van der Waals surface area contributed by atoms with Crippen molar-refractivity contribution in [2.24, 2.45) is 7.05 Å². The molecule has 1 atom stereocenters. The summed E-state index contributed by atoms with van der Waals surface area (Å²) in [5, 5.41) is 9.03. The Kier molecular flexibility index (Phi) is 5.42. The van der Waals surface area contributed by atoms with E-state index in [9.17, 15) is 4.79 Å². The summed E-state index contributed by atoms with van der Waals surface area (Å²) in [6.45, 7) is 2.05. The normalized spacial score (nSPS) is 12.0. The molecule has 6 heteroatoms. The Morgan fingerprint density at radius 2 is 1.81 bits per heavy atom. The summed E-state index contributed by atoms with van der Waals surface area (Å²) < 4.78 is 1.94. The van der Waals surface area contributed by atoms with Crippen LogP contribution in [0.25, 0.3) is 11.4 Å². The summed E-state index contributed by atoms with van der Waals surface area (Å²) in [4.78, 5) is 14.3. The lowest BCUT2D eigenvalue weighted by Crippen LogP contribution is -2.26. The van der Waals surface area contributed by atoms with Gasteiger partial charge in [-0.3, -0.25) is 4.79 Å². The maximum Gasteiger partial charge on any atom is 0.240 e. The van der Waals surface area contributed by atoms with Gasteiger partial charge in [0.1, 0.15) is 5.25 Å². The average molecular weight is 366 g/mol. The molecule has 1 aromatic heterocycles. The number of carbonyl (C=O) groups excluding carboxylic acids is 1. The minimum absolute atomic E-state index is 0.0290. The van der Waals surface area contributed by atoms with Crippen LogP contribution in [0.15, 0.2) is 59.8 Å². The number of aromatic nitrogens is 3. The first kappa shape index (κ1) is 18.2. The Balaban J connectivity index is 1.94. The van der Waals surface area contributed by atoms with Gasteiger partial charge in [-0.05, 0) is 18.6 Å². The quantitative estimate of drug-likeness (QED) is 0.646. The van der Waals surface area contributed by atoms with Crippen molar-refractivity contribution in [2.75, 3.05) is 14.1 Å². The molecule has 0 N–H and O–H groups in total. The summed E-state index contributed by atoms with van der Waals surface area (Å²) in [7, 11) is 5.48. The number of rotatable bonds is 5. The van der Waals surface area contributed by atoms with Gasteiger partial charge in [0.25, 0.3) is 0 Å². The van der Waals surface area contributed by atoms with E-state index >= 15 is 0 Å². The minimum Gasteiger partial charge on any atom is -0.348 e. The molecule has 3 rings (SSSR count). The minimum atomic E-state index is -0.362. The highest BCUT2D eigenvalue weighted by Crippen LogP contribution is 2.36. The molecular weight excluding hydrogens is 344 g/mol. The highest BCUT2D eigenvalue weighted by molar-refractivity contribution is 8.00. The number of hydrogen-bond donors (Lipinski definition) is 0. The Morgan fingerprint density at radius 3 is 2.46 bits per heavy atom. The van der Waals surface area contributed by atoms with Crippen LogP contribution in [0.1, 0.15) is 16.4 Å². The molecule has 3 aromatic rings. The highest BCUT2D eigenvalue weighted by Gasteiger charge is 2.26. The Hall–Kier alpha value is -2.60. The van der Waals surface area contributed by atoms with E-state index in [0.29, 0.717) is 5.16 Å². The van der Waals surface area contributed by atoms with Crippen molar-refractivity contribution in [3.8, 4) is 11.4 Å². The third kappa shape index (κ3) is 3.80. The fourth-order valence-electron chi connectivity index (χ4n) is 2.68. The second-order valence-corrected chi connectivity index (χ2v) is 7.45. The molecule has 0 radical (unpaired) electrons. The van der Waals surface area contributed by atoms with E-state index in [1.807, 2.05) is 54.1 Å². The monoisotopic (exact) mass is 366 g/mol. The van der Waals surface area contributed by atoms with Gasteiger partial charge in [-0.15, -0.1) is 10.2 Å². The topological polar surface area (TPSA) is 51.0 Å². The van der Waals surface area contributed by atoms with Crippen molar-refractivity contribution in [1.29, 1.82) is 0 Å². The zero-order valence-corrected chi connectivity index (χ0v) is 16.2. The molecule has 0 unspecified atom stereocenters. The van der Waals surface area contributed by atoms with Crippen LogP contribution in [-0.2, 0) is 11.8 Å². The Bertz CT molecular complexity index is 905. The van der Waals surface area contributed by atoms with Gasteiger partial charge < -0.3 is 9.47 Å². The molecule has 1 heterocycles. The summed E-state index contributed by atoms with van der Waals surface area (Å²) >= 11 is 1.42. The lowest BCUT2D eigenvalue weighted by atomic mass is 10.1. The van der Waals surface area contributed by atoms with Crippen LogP contribution in [0.3, 0.4) is 0 Å². The maximum atomic E-state index is 12.7. The van der Waals surface area contributed by atoms with Gasteiger partial charge in [-0.1, -0.05) is 65.9 Å². The van der Waals surface area contributed by atoms with Crippen molar-refractivity contribution in [3.05, 3.63) is 65.7 Å². The molecule has 0 saturated heterocycles. The van der Waals surface area contributed by atoms with Crippen LogP contribution in [0.5, 0.6) is 0 Å². The molecule has 134 valence electrons. The predicted molar refractivity (Wildman–Crippen MR) is 105 cm³/mol. The van der Waals surface area contributed by atoms with E-state index in [0.717, 1.165) is 17.0 Å². The molecule has 0 fully saturated rings. The van der Waals surface area contributed by atoms with Gasteiger partial charge >= 0.3 is 0 Å². The highest BCUT2D eigenvalue weighted by atomic mass is 32.2. The van der Waals surface area contributed by atoms with Crippen LogP contribution in [0.4, 0.5) is 0 Å². The number of benzene rings is 2. The average Bonchev–Trinajstić information content (AvgIpc) is 3.00. The number of likely N-dealkylation sites (N-methyl/N-ethyl adjacent to an activating group) is 1. The maximum absolute atomic E-state index is 12.7. The number of thioether (sulfide) groups is 1. The number of carbonyl (C=O) groups is 1. The van der Waals surface area contributed by atoms with Crippen molar-refractivity contribution >= 4 is 17.7 Å². The molecule has 0 spiro atoms. The fourth-order valence-corrected chi connectivity index (χ4v) is 3.83. The van der Waals surface area contributed by atoms with Crippen molar-refractivity contribution in [1.82, 2.24) is 19.7 Å². The zero-order chi connectivity index (χ0) is 18.7. The number of amides is 1. The Labute approximate surface area is 158 Å². The number of aryl methyl sites for hydroxylation is 1. The van der Waals surface area contributed by atoms with Crippen molar-refractivity contribution in [3.63, 3.8) is 0 Å². The lowest BCUT2D eigenvalue weighted by Gasteiger charge is -2.20. The SMILES string of the molecule is Cc1cccc(-c2nnc(S[C@H](C(=O)N(C)C)c3ccccc3)n2C)c1. The van der Waals surface area contributed by atoms with Gasteiger partial charge in [-0.25, -0.2) is 0 Å². The summed E-state index contributed by atoms with van der Waals surface area (Å²) in [5.41, 5.74) is 3.14. The second-order valence-electron chi connectivity index (χ2n) is 6.38. The van der Waals surface area contributed by atoms with Gasteiger partial charge in [0.15, 0.2) is 11.0 Å². The van der Waals surface area contributed by atoms with Crippen LogP contribution >= 0.6 is 11.8 Å². The molecule has 0 aliphatic heterocycles. The summed E-state index contributed by atoms with van der Waals surface area (Å²) in [6.07, 6.45) is 0. The van der Waals surface area contributed by atoms with E-state index in [1.165, 1.54) is 17.3 Å². The van der Waals surface area contributed by atoms with Gasteiger partial charge in [0, 0.05) is 26.7 Å². The van der Waals surface area contributed by atoms with Gasteiger partial charge in [0.05, 0.1) is 0 Å². The lowest BCUT2D eigenvalue weighted by molar-refractivity contribution is -0.128. The molecule has 26 heavy (non-hydrogen) atoms.